The lowest BCUT2D eigenvalue weighted by molar-refractivity contribution is 0.275. The molecule has 4 rings (SSSR count). The fourth-order valence-corrected chi connectivity index (χ4v) is 3.78. The first kappa shape index (κ1) is 14.5. The Balaban J connectivity index is 1.31. The zero-order valence-corrected chi connectivity index (χ0v) is 13.8. The van der Waals surface area contributed by atoms with E-state index < -0.39 is 0 Å². The first-order chi connectivity index (χ1) is 11.4. The second kappa shape index (κ2) is 6.56. The molecule has 4 nitrogen and oxygen atoms in total. The molecule has 0 radical (unpaired) electrons. The molecule has 1 aliphatic heterocycles. The third-order valence-corrected chi connectivity index (χ3v) is 5.24. The molecule has 0 saturated carbocycles. The summed E-state index contributed by atoms with van der Waals surface area (Å²) < 4.78 is 1.24. The van der Waals surface area contributed by atoms with Gasteiger partial charge in [0.25, 0.3) is 0 Å². The maximum Gasteiger partial charge on any atom is 0.184 e. The molecule has 3 aromatic rings. The summed E-state index contributed by atoms with van der Waals surface area (Å²) in [6.07, 6.45) is 0. The molecule has 2 heterocycles. The molecule has 118 valence electrons. The molecular formula is C18H20N4S. The zero-order valence-electron chi connectivity index (χ0n) is 13.0. The van der Waals surface area contributed by atoms with Crippen molar-refractivity contribution in [2.45, 2.75) is 0 Å². The molecule has 1 fully saturated rings. The molecule has 0 spiro atoms. The highest BCUT2D eigenvalue weighted by Crippen LogP contribution is 2.25. The summed E-state index contributed by atoms with van der Waals surface area (Å²) >= 11 is 1.72. The third kappa shape index (κ3) is 3.30. The number of aromatic nitrogens is 1. The molecule has 1 aromatic heterocycles. The van der Waals surface area contributed by atoms with Gasteiger partial charge in [-0.2, -0.15) is 0 Å². The number of benzene rings is 2. The number of piperazine rings is 1. The van der Waals surface area contributed by atoms with Gasteiger partial charge in [0.2, 0.25) is 0 Å². The molecule has 0 atom stereocenters. The molecule has 5 heteroatoms. The first-order valence-corrected chi connectivity index (χ1v) is 8.82. The Labute approximate surface area is 140 Å². The molecule has 0 unspecified atom stereocenters. The Morgan fingerprint density at radius 1 is 0.913 bits per heavy atom. The maximum atomic E-state index is 4.63. The summed E-state index contributed by atoms with van der Waals surface area (Å²) in [6.45, 7) is 5.17. The summed E-state index contributed by atoms with van der Waals surface area (Å²) in [4.78, 5) is 9.53. The fourth-order valence-electron chi connectivity index (χ4n) is 2.93. The standard InChI is InChI=1S/C18H20N4S/c1-2-6-15(7-3-1)22-12-10-21(11-13-22)14-19-18-20-16-8-4-5-9-17(16)23-18/h1-9H,10-14H2,(H,19,20). The Kier molecular flexibility index (Phi) is 4.13. The number of anilines is 2. The molecule has 1 aliphatic rings. The van der Waals surface area contributed by atoms with Crippen LogP contribution in [-0.4, -0.2) is 42.7 Å². The first-order valence-electron chi connectivity index (χ1n) is 8.00. The van der Waals surface area contributed by atoms with Crippen molar-refractivity contribution in [1.82, 2.24) is 9.88 Å². The lowest BCUT2D eigenvalue weighted by Crippen LogP contribution is -2.47. The highest BCUT2D eigenvalue weighted by molar-refractivity contribution is 7.22. The van der Waals surface area contributed by atoms with E-state index in [1.54, 1.807) is 11.3 Å². The number of hydrogen-bond acceptors (Lipinski definition) is 5. The van der Waals surface area contributed by atoms with Gasteiger partial charge in [-0.3, -0.25) is 4.90 Å². The number of fused-ring (bicyclic) bond motifs is 1. The van der Waals surface area contributed by atoms with Crippen LogP contribution >= 0.6 is 11.3 Å². The van der Waals surface area contributed by atoms with Crippen LogP contribution in [-0.2, 0) is 0 Å². The second-order valence-electron chi connectivity index (χ2n) is 5.76. The Hall–Kier alpha value is -2.11. The molecule has 0 amide bonds. The van der Waals surface area contributed by atoms with Gasteiger partial charge in [-0.05, 0) is 24.3 Å². The van der Waals surface area contributed by atoms with E-state index in [-0.39, 0.29) is 0 Å². The van der Waals surface area contributed by atoms with Crippen molar-refractivity contribution in [3.05, 3.63) is 54.6 Å². The van der Waals surface area contributed by atoms with Crippen LogP contribution in [0.1, 0.15) is 0 Å². The SMILES string of the molecule is c1ccc(N2CCN(CNc3nc4ccccc4s3)CC2)cc1. The van der Waals surface area contributed by atoms with Crippen LogP contribution in [0.15, 0.2) is 54.6 Å². The normalized spacial score (nSPS) is 15.9. The van der Waals surface area contributed by atoms with Gasteiger partial charge in [-0.1, -0.05) is 41.7 Å². The molecule has 0 bridgehead atoms. The fraction of sp³-hybridized carbons (Fsp3) is 0.278. The lowest BCUT2D eigenvalue weighted by Gasteiger charge is -2.36. The van der Waals surface area contributed by atoms with E-state index in [0.29, 0.717) is 0 Å². The summed E-state index contributed by atoms with van der Waals surface area (Å²) in [5, 5.41) is 4.48. The third-order valence-electron chi connectivity index (χ3n) is 4.24. The van der Waals surface area contributed by atoms with E-state index in [2.05, 4.69) is 68.6 Å². The van der Waals surface area contributed by atoms with E-state index >= 15 is 0 Å². The van der Waals surface area contributed by atoms with Gasteiger partial charge in [0.05, 0.1) is 16.9 Å². The minimum absolute atomic E-state index is 0.864. The Morgan fingerprint density at radius 2 is 1.65 bits per heavy atom. The van der Waals surface area contributed by atoms with Crippen LogP contribution < -0.4 is 10.2 Å². The van der Waals surface area contributed by atoms with E-state index in [4.69, 9.17) is 0 Å². The van der Waals surface area contributed by atoms with Crippen molar-refractivity contribution in [2.75, 3.05) is 43.1 Å². The van der Waals surface area contributed by atoms with Crippen molar-refractivity contribution in [3.8, 4) is 0 Å². The lowest BCUT2D eigenvalue weighted by atomic mass is 10.2. The second-order valence-corrected chi connectivity index (χ2v) is 6.79. The van der Waals surface area contributed by atoms with E-state index in [9.17, 15) is 0 Å². The topological polar surface area (TPSA) is 31.4 Å². The van der Waals surface area contributed by atoms with Crippen LogP contribution in [0.3, 0.4) is 0 Å². The molecular weight excluding hydrogens is 304 g/mol. The largest absolute Gasteiger partial charge is 0.369 e. The Morgan fingerprint density at radius 3 is 2.43 bits per heavy atom. The number of para-hydroxylation sites is 2. The van der Waals surface area contributed by atoms with Gasteiger partial charge in [0, 0.05) is 31.9 Å². The van der Waals surface area contributed by atoms with Gasteiger partial charge >= 0.3 is 0 Å². The van der Waals surface area contributed by atoms with Crippen LogP contribution in [0.25, 0.3) is 10.2 Å². The smallest absolute Gasteiger partial charge is 0.184 e. The molecule has 23 heavy (non-hydrogen) atoms. The minimum Gasteiger partial charge on any atom is -0.369 e. The van der Waals surface area contributed by atoms with Crippen molar-refractivity contribution in [3.63, 3.8) is 0 Å². The summed E-state index contributed by atoms with van der Waals surface area (Å²) in [5.74, 6) is 0. The summed E-state index contributed by atoms with van der Waals surface area (Å²) in [5.41, 5.74) is 2.40. The quantitative estimate of drug-likeness (QED) is 0.796. The predicted octanol–water partition coefficient (Wildman–Crippen LogP) is 3.49. The van der Waals surface area contributed by atoms with Gasteiger partial charge in [0.15, 0.2) is 5.13 Å². The van der Waals surface area contributed by atoms with Crippen molar-refractivity contribution >= 4 is 32.4 Å². The van der Waals surface area contributed by atoms with Crippen molar-refractivity contribution in [2.24, 2.45) is 0 Å². The van der Waals surface area contributed by atoms with E-state index in [0.717, 1.165) is 43.5 Å². The predicted molar refractivity (Wildman–Crippen MR) is 98.3 cm³/mol. The molecule has 2 aromatic carbocycles. The van der Waals surface area contributed by atoms with Gasteiger partial charge < -0.3 is 10.2 Å². The van der Waals surface area contributed by atoms with Crippen LogP contribution in [0.2, 0.25) is 0 Å². The highest BCUT2D eigenvalue weighted by atomic mass is 32.1. The van der Waals surface area contributed by atoms with Gasteiger partial charge in [-0.15, -0.1) is 0 Å². The summed E-state index contributed by atoms with van der Waals surface area (Å²) in [7, 11) is 0. The van der Waals surface area contributed by atoms with Crippen LogP contribution in [0.5, 0.6) is 0 Å². The highest BCUT2D eigenvalue weighted by Gasteiger charge is 2.17. The summed E-state index contributed by atoms with van der Waals surface area (Å²) in [6, 6.07) is 19.0. The van der Waals surface area contributed by atoms with E-state index in [1.165, 1.54) is 10.4 Å². The zero-order chi connectivity index (χ0) is 15.5. The number of rotatable bonds is 4. The van der Waals surface area contributed by atoms with Crippen LogP contribution in [0.4, 0.5) is 10.8 Å². The van der Waals surface area contributed by atoms with E-state index in [1.807, 2.05) is 6.07 Å². The van der Waals surface area contributed by atoms with Crippen LogP contribution in [0, 0.1) is 0 Å². The number of nitrogens with zero attached hydrogens (tertiary/aromatic N) is 3. The number of thiazole rings is 1. The number of nitrogens with one attached hydrogen (secondary N) is 1. The minimum atomic E-state index is 0.864. The monoisotopic (exact) mass is 324 g/mol. The average molecular weight is 324 g/mol. The van der Waals surface area contributed by atoms with Crippen molar-refractivity contribution in [1.29, 1.82) is 0 Å². The maximum absolute atomic E-state index is 4.63. The van der Waals surface area contributed by atoms with Crippen molar-refractivity contribution < 1.29 is 0 Å². The molecule has 1 saturated heterocycles. The number of hydrogen-bond donors (Lipinski definition) is 1. The van der Waals surface area contributed by atoms with Gasteiger partial charge in [-0.25, -0.2) is 4.98 Å². The van der Waals surface area contributed by atoms with Gasteiger partial charge in [0.1, 0.15) is 0 Å². The average Bonchev–Trinajstić information content (AvgIpc) is 3.04. The Bertz CT molecular complexity index is 730. The molecule has 0 aliphatic carbocycles. The molecule has 1 N–H and O–H groups in total.